The molecule has 2 aromatic rings. The first kappa shape index (κ1) is 20.9. The van der Waals surface area contributed by atoms with E-state index < -0.39 is 0 Å². The van der Waals surface area contributed by atoms with Crippen molar-refractivity contribution in [1.82, 2.24) is 25.4 Å². The van der Waals surface area contributed by atoms with E-state index in [1.54, 1.807) is 6.07 Å². The van der Waals surface area contributed by atoms with Crippen LogP contribution < -0.4 is 10.6 Å². The molecular weight excluding hydrogens is 401 g/mol. The quantitative estimate of drug-likeness (QED) is 0.774. The van der Waals surface area contributed by atoms with Gasteiger partial charge in [0, 0.05) is 25.6 Å². The highest BCUT2D eigenvalue weighted by molar-refractivity contribution is 6.42. The molecule has 1 amide bonds. The minimum atomic E-state index is -0.170. The Hall–Kier alpha value is -1.38. The Kier molecular flexibility index (Phi) is 8.12. The smallest absolute Gasteiger partial charge is 0.241 e. The molecule has 7 nitrogen and oxygen atoms in total. The number of aromatic nitrogens is 3. The predicted octanol–water partition coefficient (Wildman–Crippen LogP) is 2.10. The van der Waals surface area contributed by atoms with Gasteiger partial charge in [-0.2, -0.15) is 5.10 Å². The Morgan fingerprint density at radius 1 is 1.38 bits per heavy atom. The van der Waals surface area contributed by atoms with Crippen LogP contribution in [0, 0.1) is 5.92 Å². The van der Waals surface area contributed by atoms with Crippen LogP contribution in [0.3, 0.4) is 0 Å². The van der Waals surface area contributed by atoms with Crippen molar-refractivity contribution in [3.8, 4) is 0 Å². The maximum absolute atomic E-state index is 12.1. The third-order valence-corrected chi connectivity index (χ3v) is 4.76. The molecule has 0 aliphatic carbocycles. The molecule has 1 saturated heterocycles. The van der Waals surface area contributed by atoms with Crippen LogP contribution >= 0.6 is 35.6 Å². The number of nitrogens with one attached hydrogen (secondary N) is 2. The van der Waals surface area contributed by atoms with Gasteiger partial charge in [-0.05, 0) is 17.7 Å². The van der Waals surface area contributed by atoms with E-state index in [0.717, 1.165) is 18.7 Å². The fraction of sp³-hybridized carbons (Fsp3) is 0.438. The first-order valence-electron chi connectivity index (χ1n) is 8.00. The minimum Gasteiger partial charge on any atom is -0.372 e. The van der Waals surface area contributed by atoms with Gasteiger partial charge in [0.1, 0.15) is 19.2 Å². The molecule has 1 aromatic heterocycles. The van der Waals surface area contributed by atoms with Crippen LogP contribution in [-0.2, 0) is 16.1 Å². The average Bonchev–Trinajstić information content (AvgIpc) is 2.98. The van der Waals surface area contributed by atoms with E-state index in [-0.39, 0.29) is 36.9 Å². The number of ether oxygens (including phenoxy) is 1. The Labute approximate surface area is 167 Å². The summed E-state index contributed by atoms with van der Waals surface area (Å²) in [6.45, 7) is 2.70. The summed E-state index contributed by atoms with van der Waals surface area (Å²) in [7, 11) is 0. The zero-order valence-corrected chi connectivity index (χ0v) is 16.2. The lowest BCUT2D eigenvalue weighted by atomic mass is 9.95. The number of carbonyl (C=O) groups excluding carboxylic acids is 1. The number of nitrogens with zero attached hydrogens (tertiary/aromatic N) is 3. The number of hydrogen-bond acceptors (Lipinski definition) is 5. The molecule has 2 N–H and O–H groups in total. The second kappa shape index (κ2) is 10.1. The molecule has 10 heteroatoms. The summed E-state index contributed by atoms with van der Waals surface area (Å²) in [6.07, 6.45) is 2.74. The van der Waals surface area contributed by atoms with Crippen molar-refractivity contribution in [2.45, 2.75) is 12.6 Å². The normalized spacial score (nSPS) is 20.1. The van der Waals surface area contributed by atoms with Crippen LogP contribution in [0.5, 0.6) is 0 Å². The number of rotatable bonds is 5. The number of amides is 1. The van der Waals surface area contributed by atoms with Crippen molar-refractivity contribution in [3.05, 3.63) is 46.5 Å². The molecule has 2 atom stereocenters. The van der Waals surface area contributed by atoms with Gasteiger partial charge in [-0.3, -0.25) is 4.79 Å². The van der Waals surface area contributed by atoms with Gasteiger partial charge in [0.25, 0.3) is 0 Å². The Balaban J connectivity index is 0.00000243. The van der Waals surface area contributed by atoms with Gasteiger partial charge in [0.15, 0.2) is 0 Å². The summed E-state index contributed by atoms with van der Waals surface area (Å²) in [5.41, 5.74) is 0.952. The summed E-state index contributed by atoms with van der Waals surface area (Å²) in [6, 6.07) is 5.50. The van der Waals surface area contributed by atoms with Gasteiger partial charge in [0.05, 0.1) is 22.8 Å². The molecule has 3 rings (SSSR count). The first-order chi connectivity index (χ1) is 12.1. The lowest BCUT2D eigenvalue weighted by Gasteiger charge is -2.25. The number of benzene rings is 1. The van der Waals surface area contributed by atoms with Crippen molar-refractivity contribution in [3.63, 3.8) is 0 Å². The highest BCUT2D eigenvalue weighted by Crippen LogP contribution is 2.31. The molecule has 2 heterocycles. The largest absolute Gasteiger partial charge is 0.372 e. The van der Waals surface area contributed by atoms with Gasteiger partial charge in [-0.15, -0.1) is 12.4 Å². The fourth-order valence-electron chi connectivity index (χ4n) is 2.79. The van der Waals surface area contributed by atoms with Gasteiger partial charge >= 0.3 is 0 Å². The summed E-state index contributed by atoms with van der Waals surface area (Å²) >= 11 is 12.1. The van der Waals surface area contributed by atoms with Gasteiger partial charge in [0.2, 0.25) is 5.91 Å². The molecule has 1 aromatic carbocycles. The lowest BCUT2D eigenvalue weighted by Crippen LogP contribution is -2.37. The zero-order valence-electron chi connectivity index (χ0n) is 13.9. The van der Waals surface area contributed by atoms with Crippen molar-refractivity contribution < 1.29 is 9.53 Å². The number of halogens is 3. The molecule has 1 aliphatic heterocycles. The molecule has 26 heavy (non-hydrogen) atoms. The van der Waals surface area contributed by atoms with Crippen molar-refractivity contribution in [2.24, 2.45) is 5.92 Å². The summed E-state index contributed by atoms with van der Waals surface area (Å²) in [5, 5.41) is 11.2. The standard InChI is InChI=1S/C16H19Cl2N5O2.ClH/c17-13-2-1-11(5-14(13)18)16-12(6-19-3-4-25-16)7-21-15(24)8-23-10-20-9-22-23;/h1-2,5,9-10,12,16,19H,3-4,6-8H2,(H,21,24);1H/t12-,16-;/m0./s1. The minimum absolute atomic E-state index is 0. The molecule has 1 aliphatic rings. The second-order valence-corrected chi connectivity index (χ2v) is 6.64. The summed E-state index contributed by atoms with van der Waals surface area (Å²) < 4.78 is 7.47. The van der Waals surface area contributed by atoms with Crippen LogP contribution in [0.15, 0.2) is 30.9 Å². The molecule has 1 fully saturated rings. The summed E-state index contributed by atoms with van der Waals surface area (Å²) in [5.74, 6) is -0.0536. The molecular formula is C16H20Cl3N5O2. The Morgan fingerprint density at radius 3 is 2.96 bits per heavy atom. The summed E-state index contributed by atoms with van der Waals surface area (Å²) in [4.78, 5) is 15.9. The van der Waals surface area contributed by atoms with E-state index in [0.29, 0.717) is 23.2 Å². The van der Waals surface area contributed by atoms with Crippen LogP contribution in [0.25, 0.3) is 0 Å². The van der Waals surface area contributed by atoms with Crippen LogP contribution in [0.4, 0.5) is 0 Å². The van der Waals surface area contributed by atoms with Crippen LogP contribution in [-0.4, -0.2) is 46.9 Å². The van der Waals surface area contributed by atoms with E-state index in [1.807, 2.05) is 12.1 Å². The second-order valence-electron chi connectivity index (χ2n) is 5.83. The maximum atomic E-state index is 12.1. The average molecular weight is 421 g/mol. The molecule has 0 saturated carbocycles. The van der Waals surface area contributed by atoms with E-state index in [1.165, 1.54) is 17.3 Å². The predicted molar refractivity (Wildman–Crippen MR) is 102 cm³/mol. The van der Waals surface area contributed by atoms with E-state index in [4.69, 9.17) is 27.9 Å². The van der Waals surface area contributed by atoms with Gasteiger partial charge in [-0.25, -0.2) is 9.67 Å². The highest BCUT2D eigenvalue weighted by atomic mass is 35.5. The van der Waals surface area contributed by atoms with E-state index in [9.17, 15) is 4.79 Å². The molecule has 0 spiro atoms. The Bertz CT molecular complexity index is 714. The van der Waals surface area contributed by atoms with E-state index >= 15 is 0 Å². The third-order valence-electron chi connectivity index (χ3n) is 4.02. The fourth-order valence-corrected chi connectivity index (χ4v) is 3.09. The number of carbonyl (C=O) groups is 1. The van der Waals surface area contributed by atoms with Crippen molar-refractivity contribution in [2.75, 3.05) is 26.2 Å². The van der Waals surface area contributed by atoms with Crippen molar-refractivity contribution in [1.29, 1.82) is 0 Å². The van der Waals surface area contributed by atoms with Crippen LogP contribution in [0.2, 0.25) is 10.0 Å². The van der Waals surface area contributed by atoms with Gasteiger partial charge in [-0.1, -0.05) is 29.3 Å². The first-order valence-corrected chi connectivity index (χ1v) is 8.75. The number of hydrogen-bond donors (Lipinski definition) is 2. The van der Waals surface area contributed by atoms with Gasteiger partial charge < -0.3 is 15.4 Å². The SMILES string of the molecule is Cl.O=C(Cn1cncn1)NC[C@@H]1CNCCO[C@H]1c1ccc(Cl)c(Cl)c1. The topological polar surface area (TPSA) is 81.1 Å². The van der Waals surface area contributed by atoms with Crippen LogP contribution in [0.1, 0.15) is 11.7 Å². The molecule has 0 radical (unpaired) electrons. The van der Waals surface area contributed by atoms with Crippen molar-refractivity contribution >= 4 is 41.5 Å². The lowest BCUT2D eigenvalue weighted by molar-refractivity contribution is -0.122. The molecule has 0 unspecified atom stereocenters. The monoisotopic (exact) mass is 419 g/mol. The van der Waals surface area contributed by atoms with E-state index in [2.05, 4.69) is 20.7 Å². The molecule has 142 valence electrons. The molecule has 0 bridgehead atoms. The zero-order chi connectivity index (χ0) is 17.6. The maximum Gasteiger partial charge on any atom is 0.241 e. The highest BCUT2D eigenvalue weighted by Gasteiger charge is 2.27. The third kappa shape index (κ3) is 5.56. The Morgan fingerprint density at radius 2 is 2.23 bits per heavy atom.